The molecule has 1 rings (SSSR count). The van der Waals surface area contributed by atoms with Crippen LogP contribution in [-0.2, 0) is 23.7 Å². The Hall–Kier alpha value is 0.0500. The van der Waals surface area contributed by atoms with Crippen LogP contribution < -0.4 is 0 Å². The van der Waals surface area contributed by atoms with E-state index in [1.54, 1.807) is 21.6 Å². The van der Waals surface area contributed by atoms with Crippen molar-refractivity contribution in [3.8, 4) is 0 Å². The van der Waals surface area contributed by atoms with Crippen LogP contribution in [0.15, 0.2) is 0 Å². The molecule has 1 heterocycles. The number of hydrogen-bond donors (Lipinski definition) is 0. The molecule has 0 saturated carbocycles. The van der Waals surface area contributed by atoms with Crippen molar-refractivity contribution >= 4 is 27.6 Å². The van der Waals surface area contributed by atoms with Gasteiger partial charge < -0.3 is 18.9 Å². The van der Waals surface area contributed by atoms with Gasteiger partial charge >= 0.3 is 5.97 Å². The molecule has 0 N–H and O–H groups in total. The minimum Gasteiger partial charge on any atom is -0.460 e. The monoisotopic (exact) mass is 366 g/mol. The minimum atomic E-state index is -0.422. The first-order valence-electron chi connectivity index (χ1n) is 8.24. The molecule has 0 bridgehead atoms. The molecular formula is C16H30O5S2. The summed E-state index contributed by atoms with van der Waals surface area (Å²) in [5.41, 5.74) is -0.422. The molecule has 0 amide bonds. The zero-order valence-corrected chi connectivity index (χ0v) is 16.1. The zero-order valence-electron chi connectivity index (χ0n) is 14.5. The summed E-state index contributed by atoms with van der Waals surface area (Å²) in [5.74, 6) is 1.64. The summed E-state index contributed by atoms with van der Waals surface area (Å²) in [6.45, 7) is 8.21. The summed E-state index contributed by atoms with van der Waals surface area (Å²) in [6.07, 6.45) is 3.68. The number of carbonyl (C=O) groups excluding carboxylic acids is 1. The van der Waals surface area contributed by atoms with E-state index in [4.69, 9.17) is 18.9 Å². The summed E-state index contributed by atoms with van der Waals surface area (Å²) in [5, 5.41) is 0. The normalized spacial score (nSPS) is 18.8. The van der Waals surface area contributed by atoms with Crippen molar-refractivity contribution in [2.24, 2.45) is 0 Å². The standard InChI is InChI=1S/C16H30O5S2/c1-16(2,3)21-14(17)7-9-18-10-12-22-23-13-11-20-15-6-4-5-8-19-15/h15H,4-13H2,1-3H3/t15-/m0/s1. The van der Waals surface area contributed by atoms with Crippen molar-refractivity contribution in [2.45, 2.75) is 58.3 Å². The third kappa shape index (κ3) is 13.1. The molecule has 0 unspecified atom stereocenters. The minimum absolute atomic E-state index is 0.00513. The van der Waals surface area contributed by atoms with Crippen LogP contribution in [-0.4, -0.2) is 55.8 Å². The fraction of sp³-hybridized carbons (Fsp3) is 0.938. The third-order valence-electron chi connectivity index (χ3n) is 2.87. The Kier molecular flexibility index (Phi) is 11.4. The van der Waals surface area contributed by atoms with E-state index in [1.165, 1.54) is 6.42 Å². The Bertz CT molecular complexity index is 314. The summed E-state index contributed by atoms with van der Waals surface area (Å²) in [6, 6.07) is 0. The van der Waals surface area contributed by atoms with Gasteiger partial charge in [-0.25, -0.2) is 0 Å². The predicted molar refractivity (Wildman–Crippen MR) is 95.7 cm³/mol. The molecule has 7 heteroatoms. The second kappa shape index (κ2) is 12.4. The van der Waals surface area contributed by atoms with Crippen LogP contribution in [0.25, 0.3) is 0 Å². The van der Waals surface area contributed by atoms with Crippen LogP contribution in [0.1, 0.15) is 46.5 Å². The lowest BCUT2D eigenvalue weighted by Gasteiger charge is -2.22. The molecule has 1 saturated heterocycles. The Morgan fingerprint density at radius 3 is 2.52 bits per heavy atom. The lowest BCUT2D eigenvalue weighted by molar-refractivity contribution is -0.158. The van der Waals surface area contributed by atoms with Crippen LogP contribution in [0.2, 0.25) is 0 Å². The van der Waals surface area contributed by atoms with Crippen molar-refractivity contribution in [3.63, 3.8) is 0 Å². The summed E-state index contributed by atoms with van der Waals surface area (Å²) in [4.78, 5) is 11.5. The number of carbonyl (C=O) groups is 1. The number of ether oxygens (including phenoxy) is 4. The first-order chi connectivity index (χ1) is 11.0. The maximum atomic E-state index is 11.5. The van der Waals surface area contributed by atoms with Crippen LogP contribution in [0, 0.1) is 0 Å². The Morgan fingerprint density at radius 2 is 1.87 bits per heavy atom. The molecule has 23 heavy (non-hydrogen) atoms. The van der Waals surface area contributed by atoms with E-state index in [-0.39, 0.29) is 12.3 Å². The summed E-state index contributed by atoms with van der Waals surface area (Å²) >= 11 is 0. The lowest BCUT2D eigenvalue weighted by atomic mass is 10.2. The van der Waals surface area contributed by atoms with Gasteiger partial charge in [0, 0.05) is 18.1 Å². The maximum Gasteiger partial charge on any atom is 0.308 e. The highest BCUT2D eigenvalue weighted by Crippen LogP contribution is 2.21. The van der Waals surface area contributed by atoms with E-state index in [0.29, 0.717) is 19.6 Å². The molecule has 1 fully saturated rings. The first kappa shape index (κ1) is 21.1. The van der Waals surface area contributed by atoms with Crippen LogP contribution in [0.3, 0.4) is 0 Å². The second-order valence-corrected chi connectivity index (χ2v) is 8.96. The van der Waals surface area contributed by atoms with E-state index in [1.807, 2.05) is 20.8 Å². The van der Waals surface area contributed by atoms with E-state index in [9.17, 15) is 4.79 Å². The van der Waals surface area contributed by atoms with Gasteiger partial charge in [0.25, 0.3) is 0 Å². The second-order valence-electron chi connectivity index (χ2n) is 6.26. The van der Waals surface area contributed by atoms with Crippen molar-refractivity contribution in [2.75, 3.05) is 37.9 Å². The van der Waals surface area contributed by atoms with E-state index in [0.717, 1.165) is 37.6 Å². The summed E-state index contributed by atoms with van der Waals surface area (Å²) in [7, 11) is 3.54. The molecule has 0 radical (unpaired) electrons. The van der Waals surface area contributed by atoms with Gasteiger partial charge in [-0.2, -0.15) is 0 Å². The van der Waals surface area contributed by atoms with Crippen molar-refractivity contribution in [3.05, 3.63) is 0 Å². The van der Waals surface area contributed by atoms with E-state index >= 15 is 0 Å². The molecule has 0 aromatic carbocycles. The highest BCUT2D eigenvalue weighted by atomic mass is 33.1. The fourth-order valence-electron chi connectivity index (χ4n) is 1.92. The van der Waals surface area contributed by atoms with Gasteiger partial charge in [-0.1, -0.05) is 21.6 Å². The average molecular weight is 367 g/mol. The van der Waals surface area contributed by atoms with E-state index in [2.05, 4.69) is 0 Å². The van der Waals surface area contributed by atoms with Gasteiger partial charge in [-0.05, 0) is 40.0 Å². The quantitative estimate of drug-likeness (QED) is 0.314. The highest BCUT2D eigenvalue weighted by molar-refractivity contribution is 8.76. The topological polar surface area (TPSA) is 54.0 Å². The molecule has 136 valence electrons. The maximum absolute atomic E-state index is 11.5. The Morgan fingerprint density at radius 1 is 1.13 bits per heavy atom. The van der Waals surface area contributed by atoms with Crippen LogP contribution in [0.5, 0.6) is 0 Å². The van der Waals surface area contributed by atoms with Gasteiger partial charge in [-0.15, -0.1) is 0 Å². The lowest BCUT2D eigenvalue weighted by Crippen LogP contribution is -2.24. The molecule has 1 atom stereocenters. The number of rotatable bonds is 11. The highest BCUT2D eigenvalue weighted by Gasteiger charge is 2.15. The molecule has 1 aliphatic heterocycles. The van der Waals surface area contributed by atoms with Gasteiger partial charge in [-0.3, -0.25) is 4.79 Å². The molecule has 5 nitrogen and oxygen atoms in total. The van der Waals surface area contributed by atoms with Gasteiger partial charge in [0.2, 0.25) is 0 Å². The van der Waals surface area contributed by atoms with Gasteiger partial charge in [0.05, 0.1) is 26.2 Å². The molecular weight excluding hydrogens is 336 g/mol. The van der Waals surface area contributed by atoms with Crippen molar-refractivity contribution in [1.29, 1.82) is 0 Å². The third-order valence-corrected chi connectivity index (χ3v) is 5.21. The zero-order chi connectivity index (χ0) is 17.0. The molecule has 0 aromatic heterocycles. The average Bonchev–Trinajstić information content (AvgIpc) is 2.48. The smallest absolute Gasteiger partial charge is 0.308 e. The molecule has 0 aromatic rings. The van der Waals surface area contributed by atoms with Crippen molar-refractivity contribution in [1.82, 2.24) is 0 Å². The number of esters is 1. The largest absolute Gasteiger partial charge is 0.460 e. The predicted octanol–water partition coefficient (Wildman–Crippen LogP) is 3.66. The number of hydrogen-bond acceptors (Lipinski definition) is 7. The van der Waals surface area contributed by atoms with Gasteiger partial charge in [0.15, 0.2) is 6.29 Å². The Balaban J connectivity index is 1.80. The fourth-order valence-corrected chi connectivity index (χ4v) is 3.62. The molecule has 0 aliphatic carbocycles. The van der Waals surface area contributed by atoms with Crippen LogP contribution >= 0.6 is 21.6 Å². The summed E-state index contributed by atoms with van der Waals surface area (Å²) < 4.78 is 21.8. The van der Waals surface area contributed by atoms with Gasteiger partial charge in [0.1, 0.15) is 5.60 Å². The first-order valence-corrected chi connectivity index (χ1v) is 10.7. The molecule has 0 spiro atoms. The van der Waals surface area contributed by atoms with Crippen LogP contribution in [0.4, 0.5) is 0 Å². The van der Waals surface area contributed by atoms with E-state index < -0.39 is 5.60 Å². The SMILES string of the molecule is CC(C)(C)OC(=O)CCOCCSSCCO[C@H]1CCCCO1. The molecule has 1 aliphatic rings. The Labute approximate surface area is 147 Å². The van der Waals surface area contributed by atoms with Crippen molar-refractivity contribution < 1.29 is 23.7 Å².